The summed E-state index contributed by atoms with van der Waals surface area (Å²) < 4.78 is 43.1. The highest BCUT2D eigenvalue weighted by molar-refractivity contribution is 5.98. The molecule has 8 heteroatoms. The number of aryl methyl sites for hydroxylation is 1. The lowest BCUT2D eigenvalue weighted by Crippen LogP contribution is -2.41. The van der Waals surface area contributed by atoms with E-state index in [-0.39, 0.29) is 18.1 Å². The van der Waals surface area contributed by atoms with E-state index in [0.29, 0.717) is 58.8 Å². The van der Waals surface area contributed by atoms with Gasteiger partial charge in [-0.1, -0.05) is 6.07 Å². The number of hydrogen-bond acceptors (Lipinski definition) is 6. The fraction of sp³-hybridized carbons (Fsp3) is 0.345. The lowest BCUT2D eigenvalue weighted by atomic mass is 9.86. The number of carbonyl (C=O) groups is 1. The molecule has 0 N–H and O–H groups in total. The van der Waals surface area contributed by atoms with E-state index >= 15 is 0 Å². The van der Waals surface area contributed by atoms with Crippen LogP contribution in [0.5, 0.6) is 28.7 Å². The highest BCUT2D eigenvalue weighted by Crippen LogP contribution is 2.47. The second kappa shape index (κ2) is 11.0. The van der Waals surface area contributed by atoms with Crippen molar-refractivity contribution in [3.63, 3.8) is 0 Å². The van der Waals surface area contributed by atoms with Gasteiger partial charge < -0.3 is 28.6 Å². The zero-order valence-electron chi connectivity index (χ0n) is 22.0. The number of amides is 1. The molecule has 37 heavy (non-hydrogen) atoms. The third-order valence-electron chi connectivity index (χ3n) is 6.40. The molecule has 3 aromatic carbocycles. The molecule has 0 radical (unpaired) electrons. The molecule has 1 atom stereocenters. The summed E-state index contributed by atoms with van der Waals surface area (Å²) in [7, 11) is 4.61. The Balaban J connectivity index is 2.01. The second-order valence-corrected chi connectivity index (χ2v) is 8.60. The van der Waals surface area contributed by atoms with Crippen molar-refractivity contribution >= 4 is 11.6 Å². The van der Waals surface area contributed by atoms with E-state index in [0.717, 1.165) is 11.1 Å². The summed E-state index contributed by atoms with van der Waals surface area (Å²) in [5.74, 6) is 1.91. The van der Waals surface area contributed by atoms with Gasteiger partial charge in [-0.05, 0) is 79.4 Å². The van der Waals surface area contributed by atoms with Gasteiger partial charge in [0.05, 0.1) is 47.0 Å². The van der Waals surface area contributed by atoms with Crippen LogP contribution in [0.2, 0.25) is 0 Å². The molecule has 1 aliphatic rings. The Bertz CT molecular complexity index is 1280. The number of halogens is 1. The lowest BCUT2D eigenvalue weighted by molar-refractivity contribution is -0.118. The predicted molar refractivity (Wildman–Crippen MR) is 139 cm³/mol. The maximum atomic E-state index is 14.7. The van der Waals surface area contributed by atoms with E-state index in [1.807, 2.05) is 38.1 Å². The highest BCUT2D eigenvalue weighted by Gasteiger charge is 2.37. The van der Waals surface area contributed by atoms with Gasteiger partial charge in [-0.3, -0.25) is 4.79 Å². The van der Waals surface area contributed by atoms with Gasteiger partial charge in [0.15, 0.2) is 23.0 Å². The molecule has 1 aliphatic heterocycles. The Morgan fingerprint density at radius 1 is 0.865 bits per heavy atom. The van der Waals surface area contributed by atoms with Gasteiger partial charge in [-0.25, -0.2) is 4.39 Å². The minimum atomic E-state index is -0.623. The van der Waals surface area contributed by atoms with Crippen LogP contribution in [0, 0.1) is 12.7 Å². The first-order chi connectivity index (χ1) is 17.9. The SMILES string of the molecule is CCOc1cc2c(cc1OCC)[C@@H](c1cc(OC)c(OC)c(OC)c1)N(c1ccc(C)c(F)c1)C(=O)C2. The fourth-order valence-electron chi connectivity index (χ4n) is 4.71. The zero-order valence-corrected chi connectivity index (χ0v) is 22.0. The monoisotopic (exact) mass is 509 g/mol. The smallest absolute Gasteiger partial charge is 0.232 e. The van der Waals surface area contributed by atoms with Gasteiger partial charge in [0.25, 0.3) is 0 Å². The van der Waals surface area contributed by atoms with Crippen molar-refractivity contribution in [1.29, 1.82) is 0 Å². The number of nitrogens with zero attached hydrogens (tertiary/aromatic N) is 1. The van der Waals surface area contributed by atoms with Crippen LogP contribution in [-0.2, 0) is 11.2 Å². The number of ether oxygens (including phenoxy) is 5. The molecule has 0 saturated carbocycles. The van der Waals surface area contributed by atoms with Crippen molar-refractivity contribution in [2.45, 2.75) is 33.2 Å². The quantitative estimate of drug-likeness (QED) is 0.372. The van der Waals surface area contributed by atoms with Crippen molar-refractivity contribution in [2.24, 2.45) is 0 Å². The summed E-state index contributed by atoms with van der Waals surface area (Å²) in [4.78, 5) is 15.3. The van der Waals surface area contributed by atoms with Gasteiger partial charge in [0, 0.05) is 5.69 Å². The molecule has 3 aromatic rings. The van der Waals surface area contributed by atoms with Crippen molar-refractivity contribution in [3.8, 4) is 28.7 Å². The largest absolute Gasteiger partial charge is 0.493 e. The maximum absolute atomic E-state index is 14.7. The molecule has 4 rings (SSSR count). The van der Waals surface area contributed by atoms with Gasteiger partial charge in [-0.2, -0.15) is 0 Å². The van der Waals surface area contributed by atoms with Crippen molar-refractivity contribution in [1.82, 2.24) is 0 Å². The molecule has 0 unspecified atom stereocenters. The van der Waals surface area contributed by atoms with E-state index < -0.39 is 6.04 Å². The van der Waals surface area contributed by atoms with E-state index in [1.54, 1.807) is 24.0 Å². The molecule has 0 fully saturated rings. The van der Waals surface area contributed by atoms with Gasteiger partial charge in [-0.15, -0.1) is 0 Å². The van der Waals surface area contributed by atoms with E-state index in [4.69, 9.17) is 23.7 Å². The van der Waals surface area contributed by atoms with Crippen LogP contribution in [0.25, 0.3) is 0 Å². The van der Waals surface area contributed by atoms with Crippen molar-refractivity contribution in [2.75, 3.05) is 39.4 Å². The van der Waals surface area contributed by atoms with Gasteiger partial charge in [0.2, 0.25) is 11.7 Å². The number of fused-ring (bicyclic) bond motifs is 1. The zero-order chi connectivity index (χ0) is 26.7. The molecule has 196 valence electrons. The predicted octanol–water partition coefficient (Wildman–Crippen LogP) is 5.64. The number of benzene rings is 3. The lowest BCUT2D eigenvalue weighted by Gasteiger charge is -2.38. The summed E-state index contributed by atoms with van der Waals surface area (Å²) >= 11 is 0. The average molecular weight is 510 g/mol. The summed E-state index contributed by atoms with van der Waals surface area (Å²) in [5, 5.41) is 0. The van der Waals surface area contributed by atoms with E-state index in [2.05, 4.69) is 0 Å². The molecule has 0 aromatic heterocycles. The Morgan fingerprint density at radius 2 is 1.49 bits per heavy atom. The third-order valence-corrected chi connectivity index (χ3v) is 6.40. The first kappa shape index (κ1) is 26.1. The van der Waals surface area contributed by atoms with E-state index in [1.165, 1.54) is 27.4 Å². The van der Waals surface area contributed by atoms with Gasteiger partial charge >= 0.3 is 0 Å². The van der Waals surface area contributed by atoms with Crippen molar-refractivity contribution in [3.05, 3.63) is 70.5 Å². The molecular formula is C29H32FNO6. The van der Waals surface area contributed by atoms with Crippen molar-refractivity contribution < 1.29 is 32.9 Å². The van der Waals surface area contributed by atoms with Crippen LogP contribution < -0.4 is 28.6 Å². The molecule has 0 saturated heterocycles. The number of methoxy groups -OCH3 is 3. The highest BCUT2D eigenvalue weighted by atomic mass is 19.1. The minimum absolute atomic E-state index is 0.123. The number of rotatable bonds is 9. The maximum Gasteiger partial charge on any atom is 0.232 e. The summed E-state index contributed by atoms with van der Waals surface area (Å²) in [6.45, 7) is 6.38. The Morgan fingerprint density at radius 3 is 2.03 bits per heavy atom. The Hall–Kier alpha value is -3.94. The number of hydrogen-bond donors (Lipinski definition) is 0. The van der Waals surface area contributed by atoms with Crippen LogP contribution in [0.1, 0.15) is 42.1 Å². The third kappa shape index (κ3) is 4.88. The fourth-order valence-corrected chi connectivity index (χ4v) is 4.71. The summed E-state index contributed by atoms with van der Waals surface area (Å²) in [6.07, 6.45) is 0.123. The first-order valence-electron chi connectivity index (χ1n) is 12.2. The Labute approximate surface area is 216 Å². The molecular weight excluding hydrogens is 477 g/mol. The first-order valence-corrected chi connectivity index (χ1v) is 12.2. The second-order valence-electron chi connectivity index (χ2n) is 8.60. The molecule has 0 aliphatic carbocycles. The molecule has 1 heterocycles. The van der Waals surface area contributed by atoms with Crippen LogP contribution in [0.4, 0.5) is 10.1 Å². The normalized spacial score (nSPS) is 14.7. The summed E-state index contributed by atoms with van der Waals surface area (Å²) in [5.41, 5.74) is 3.29. The minimum Gasteiger partial charge on any atom is -0.493 e. The molecule has 0 bridgehead atoms. The summed E-state index contributed by atoms with van der Waals surface area (Å²) in [6, 6.07) is 11.6. The molecule has 7 nitrogen and oxygen atoms in total. The number of carbonyl (C=O) groups excluding carboxylic acids is 1. The van der Waals surface area contributed by atoms with Crippen LogP contribution in [0.3, 0.4) is 0 Å². The Kier molecular flexibility index (Phi) is 7.76. The van der Waals surface area contributed by atoms with E-state index in [9.17, 15) is 9.18 Å². The molecule has 0 spiro atoms. The molecule has 1 amide bonds. The number of anilines is 1. The van der Waals surface area contributed by atoms with Gasteiger partial charge in [0.1, 0.15) is 5.82 Å². The van der Waals surface area contributed by atoms with Crippen LogP contribution in [-0.4, -0.2) is 40.5 Å². The topological polar surface area (TPSA) is 66.5 Å². The van der Waals surface area contributed by atoms with Crippen LogP contribution >= 0.6 is 0 Å². The van der Waals surface area contributed by atoms with Crippen LogP contribution in [0.15, 0.2) is 42.5 Å². The standard InChI is InChI=1S/C29H32FNO6/c1-7-36-23-11-18-14-27(32)31(20-10-9-17(3)22(30)15-20)28(21(18)16-24(23)37-8-2)19-12-25(33-4)29(35-6)26(13-19)34-5/h9-13,15-16,28H,7-8,14H2,1-6H3/t28-/m1/s1. The average Bonchev–Trinajstić information content (AvgIpc) is 2.89.